The first-order valence-electron chi connectivity index (χ1n) is 7.52. The summed E-state index contributed by atoms with van der Waals surface area (Å²) in [5.74, 6) is -2.12. The quantitative estimate of drug-likeness (QED) is 0.415. The summed E-state index contributed by atoms with van der Waals surface area (Å²) in [6.45, 7) is 0.751. The van der Waals surface area contributed by atoms with Gasteiger partial charge in [-0.05, 0) is 25.1 Å². The number of carbonyl (C=O) groups excluding carboxylic acids is 3. The zero-order chi connectivity index (χ0) is 20.0. The van der Waals surface area contributed by atoms with Gasteiger partial charge in [0.2, 0.25) is 0 Å². The predicted octanol–water partition coefficient (Wildman–Crippen LogP) is 2.14. The Labute approximate surface area is 157 Å². The molecule has 2 aromatic rings. The van der Waals surface area contributed by atoms with Crippen LogP contribution in [0.2, 0.25) is 5.02 Å². The van der Waals surface area contributed by atoms with Crippen LogP contribution in [0, 0.1) is 10.1 Å². The van der Waals surface area contributed by atoms with Gasteiger partial charge in [0, 0.05) is 12.1 Å². The monoisotopic (exact) mass is 395 g/mol. The second-order valence-electron chi connectivity index (χ2n) is 5.25. The van der Waals surface area contributed by atoms with E-state index in [1.807, 2.05) is 0 Å². The number of nitro benzene ring substituents is 1. The Hall–Kier alpha value is -3.40. The molecule has 0 saturated carbocycles. The van der Waals surface area contributed by atoms with Crippen molar-refractivity contribution in [3.8, 4) is 0 Å². The van der Waals surface area contributed by atoms with Gasteiger partial charge in [0.25, 0.3) is 17.5 Å². The second kappa shape index (κ2) is 8.81. The molecule has 0 aliphatic heterocycles. The summed E-state index contributed by atoms with van der Waals surface area (Å²) in [4.78, 5) is 45.5. The number of nitro groups is 1. The summed E-state index contributed by atoms with van der Waals surface area (Å²) in [5.41, 5.74) is -0.104. The lowest BCUT2D eigenvalue weighted by molar-refractivity contribution is -0.384. The van der Waals surface area contributed by atoms with Crippen LogP contribution in [0.3, 0.4) is 0 Å². The van der Waals surface area contributed by atoms with Gasteiger partial charge < -0.3 is 19.8 Å². The number of halogens is 1. The number of non-ortho nitro benzene ring substituents is 1. The topological polar surface area (TPSA) is 141 Å². The Morgan fingerprint density at radius 3 is 2.67 bits per heavy atom. The molecule has 1 heterocycles. The van der Waals surface area contributed by atoms with Crippen LogP contribution in [-0.2, 0) is 14.3 Å². The van der Waals surface area contributed by atoms with Gasteiger partial charge >= 0.3 is 5.97 Å². The lowest BCUT2D eigenvalue weighted by Crippen LogP contribution is -2.40. The molecule has 1 atom stereocenters. The molecule has 0 aliphatic carbocycles. The Morgan fingerprint density at radius 1 is 1.33 bits per heavy atom. The van der Waals surface area contributed by atoms with Crippen LogP contribution in [0.25, 0.3) is 0 Å². The summed E-state index contributed by atoms with van der Waals surface area (Å²) >= 11 is 5.85. The third-order valence-electron chi connectivity index (χ3n) is 3.23. The van der Waals surface area contributed by atoms with E-state index in [-0.39, 0.29) is 22.2 Å². The maximum absolute atomic E-state index is 11.8. The van der Waals surface area contributed by atoms with Gasteiger partial charge in [0.05, 0.1) is 21.9 Å². The van der Waals surface area contributed by atoms with E-state index >= 15 is 0 Å². The number of rotatable bonds is 7. The maximum Gasteiger partial charge on any atom is 0.328 e. The molecule has 0 saturated heterocycles. The van der Waals surface area contributed by atoms with E-state index in [9.17, 15) is 24.5 Å². The Balaban J connectivity index is 1.83. The number of esters is 1. The standard InChI is InChI=1S/C16H14ClN3O7/c1-9(18-15(22)13-3-2-6-26-13)16(23)27-8-14(21)19-12-5-4-10(20(24)25)7-11(12)17/h2-7,9H,8H2,1H3,(H,18,22)(H,19,21)/t9-/m0/s1. The fourth-order valence-electron chi connectivity index (χ4n) is 1.90. The van der Waals surface area contributed by atoms with Crippen molar-refractivity contribution in [2.75, 3.05) is 11.9 Å². The van der Waals surface area contributed by atoms with Crippen molar-refractivity contribution < 1.29 is 28.5 Å². The smallest absolute Gasteiger partial charge is 0.328 e. The molecule has 27 heavy (non-hydrogen) atoms. The molecule has 142 valence electrons. The molecule has 2 N–H and O–H groups in total. The van der Waals surface area contributed by atoms with Crippen molar-refractivity contribution in [1.29, 1.82) is 0 Å². The molecule has 0 spiro atoms. The molecule has 0 radical (unpaired) electrons. The van der Waals surface area contributed by atoms with Crippen LogP contribution >= 0.6 is 11.6 Å². The minimum atomic E-state index is -1.02. The first-order valence-corrected chi connectivity index (χ1v) is 7.90. The molecule has 11 heteroatoms. The van der Waals surface area contributed by atoms with E-state index in [4.69, 9.17) is 20.8 Å². The molecular formula is C16H14ClN3O7. The van der Waals surface area contributed by atoms with Gasteiger partial charge in [-0.15, -0.1) is 0 Å². The molecule has 2 amide bonds. The van der Waals surface area contributed by atoms with Gasteiger partial charge in [-0.2, -0.15) is 0 Å². The van der Waals surface area contributed by atoms with E-state index in [0.29, 0.717) is 0 Å². The van der Waals surface area contributed by atoms with E-state index in [2.05, 4.69) is 10.6 Å². The van der Waals surface area contributed by atoms with Crippen molar-refractivity contribution in [3.63, 3.8) is 0 Å². The lowest BCUT2D eigenvalue weighted by atomic mass is 10.3. The third-order valence-corrected chi connectivity index (χ3v) is 3.54. The van der Waals surface area contributed by atoms with Crippen molar-refractivity contribution in [3.05, 3.63) is 57.5 Å². The number of nitrogens with zero attached hydrogens (tertiary/aromatic N) is 1. The molecule has 2 rings (SSSR count). The van der Waals surface area contributed by atoms with Gasteiger partial charge in [0.1, 0.15) is 6.04 Å². The second-order valence-corrected chi connectivity index (χ2v) is 5.66. The summed E-state index contributed by atoms with van der Waals surface area (Å²) in [6, 6.07) is 5.43. The number of hydrogen-bond donors (Lipinski definition) is 2. The van der Waals surface area contributed by atoms with Crippen LogP contribution in [0.4, 0.5) is 11.4 Å². The van der Waals surface area contributed by atoms with Crippen LogP contribution in [0.1, 0.15) is 17.5 Å². The van der Waals surface area contributed by atoms with Crippen LogP contribution in [0.5, 0.6) is 0 Å². The van der Waals surface area contributed by atoms with Crippen molar-refractivity contribution in [2.45, 2.75) is 13.0 Å². The normalized spacial score (nSPS) is 11.3. The lowest BCUT2D eigenvalue weighted by Gasteiger charge is -2.13. The molecule has 0 fully saturated rings. The highest BCUT2D eigenvalue weighted by atomic mass is 35.5. The van der Waals surface area contributed by atoms with Crippen molar-refractivity contribution in [2.24, 2.45) is 0 Å². The highest BCUT2D eigenvalue weighted by molar-refractivity contribution is 6.34. The van der Waals surface area contributed by atoms with Gasteiger partial charge in [0.15, 0.2) is 12.4 Å². The van der Waals surface area contributed by atoms with Crippen LogP contribution in [-0.4, -0.2) is 35.4 Å². The SMILES string of the molecule is C[C@H](NC(=O)c1ccco1)C(=O)OCC(=O)Nc1ccc([N+](=O)[O-])cc1Cl. The predicted molar refractivity (Wildman–Crippen MR) is 93.3 cm³/mol. The zero-order valence-corrected chi connectivity index (χ0v) is 14.7. The summed E-state index contributed by atoms with van der Waals surface area (Å²) in [5, 5.41) is 15.3. The van der Waals surface area contributed by atoms with E-state index < -0.39 is 35.4 Å². The fraction of sp³-hybridized carbons (Fsp3) is 0.188. The first kappa shape index (κ1) is 19.9. The maximum atomic E-state index is 11.8. The summed E-state index contributed by atoms with van der Waals surface area (Å²) in [6.07, 6.45) is 1.31. The van der Waals surface area contributed by atoms with Crippen molar-refractivity contribution in [1.82, 2.24) is 5.32 Å². The van der Waals surface area contributed by atoms with Crippen LogP contribution < -0.4 is 10.6 Å². The molecule has 0 unspecified atom stereocenters. The van der Waals surface area contributed by atoms with E-state index in [1.165, 1.54) is 37.5 Å². The van der Waals surface area contributed by atoms with E-state index in [0.717, 1.165) is 6.07 Å². The molecule has 1 aromatic carbocycles. The Morgan fingerprint density at radius 2 is 2.07 bits per heavy atom. The van der Waals surface area contributed by atoms with Crippen LogP contribution in [0.15, 0.2) is 41.0 Å². The molecular weight excluding hydrogens is 382 g/mol. The highest BCUT2D eigenvalue weighted by Gasteiger charge is 2.20. The number of hydrogen-bond acceptors (Lipinski definition) is 7. The Kier molecular flexibility index (Phi) is 6.50. The highest BCUT2D eigenvalue weighted by Crippen LogP contribution is 2.26. The largest absolute Gasteiger partial charge is 0.459 e. The average Bonchev–Trinajstić information content (AvgIpc) is 3.16. The number of nitrogens with one attached hydrogen (secondary N) is 2. The minimum absolute atomic E-state index is 0.0280. The number of benzene rings is 1. The third kappa shape index (κ3) is 5.54. The number of furan rings is 1. The summed E-state index contributed by atoms with van der Waals surface area (Å²) < 4.78 is 9.70. The fourth-order valence-corrected chi connectivity index (χ4v) is 2.12. The minimum Gasteiger partial charge on any atom is -0.459 e. The zero-order valence-electron chi connectivity index (χ0n) is 13.9. The summed E-state index contributed by atoms with van der Waals surface area (Å²) in [7, 11) is 0. The number of anilines is 1. The molecule has 0 aliphatic rings. The number of ether oxygens (including phenoxy) is 1. The van der Waals surface area contributed by atoms with Gasteiger partial charge in [-0.25, -0.2) is 4.79 Å². The van der Waals surface area contributed by atoms with Crippen molar-refractivity contribution >= 4 is 40.8 Å². The molecule has 0 bridgehead atoms. The number of amides is 2. The average molecular weight is 396 g/mol. The van der Waals surface area contributed by atoms with E-state index in [1.54, 1.807) is 0 Å². The van der Waals surface area contributed by atoms with Gasteiger partial charge in [-0.3, -0.25) is 19.7 Å². The van der Waals surface area contributed by atoms with Gasteiger partial charge in [-0.1, -0.05) is 11.6 Å². The Bertz CT molecular complexity index is 867. The number of carbonyl (C=O) groups is 3. The molecule has 10 nitrogen and oxygen atoms in total. The first-order chi connectivity index (χ1) is 12.8. The molecule has 1 aromatic heterocycles.